The van der Waals surface area contributed by atoms with E-state index in [9.17, 15) is 4.79 Å². The van der Waals surface area contributed by atoms with Gasteiger partial charge in [0.1, 0.15) is 23.4 Å². The Balaban J connectivity index is 1.69. The molecule has 0 atom stereocenters. The van der Waals surface area contributed by atoms with E-state index in [1.165, 1.54) is 13.3 Å². The molecule has 0 radical (unpaired) electrons. The molecule has 3 aromatic heterocycles. The minimum Gasteiger partial charge on any atom is -0.494 e. The number of aryl methyl sites for hydroxylation is 1. The van der Waals surface area contributed by atoms with Crippen LogP contribution >= 0.6 is 0 Å². The predicted octanol–water partition coefficient (Wildman–Crippen LogP) is 3.20. The second-order valence-electron chi connectivity index (χ2n) is 8.76. The molecule has 188 valence electrons. The fraction of sp³-hybridized carbons (Fsp3) is 0.320. The number of methoxy groups -OCH3 is 1. The smallest absolute Gasteiger partial charge is 0.230 e. The van der Waals surface area contributed by atoms with Crippen LogP contribution in [0.3, 0.4) is 0 Å². The molecule has 3 heterocycles. The molecule has 0 fully saturated rings. The van der Waals surface area contributed by atoms with Crippen LogP contribution in [0.1, 0.15) is 12.5 Å². The Morgan fingerprint density at radius 1 is 1.11 bits per heavy atom. The number of nitrogens with one attached hydrogen (secondary N) is 2. The summed E-state index contributed by atoms with van der Waals surface area (Å²) in [7, 11) is 7.62. The van der Waals surface area contributed by atoms with Crippen LogP contribution in [0, 0.1) is 6.92 Å². The van der Waals surface area contributed by atoms with Crippen molar-refractivity contribution in [3.63, 3.8) is 0 Å². The van der Waals surface area contributed by atoms with Crippen LogP contribution in [0.5, 0.6) is 5.75 Å². The highest BCUT2D eigenvalue weighted by atomic mass is 16.5. The minimum atomic E-state index is -0.168. The maximum atomic E-state index is 12.0. The van der Waals surface area contributed by atoms with Crippen molar-refractivity contribution in [3.8, 4) is 17.3 Å². The van der Waals surface area contributed by atoms with E-state index in [-0.39, 0.29) is 5.91 Å². The summed E-state index contributed by atoms with van der Waals surface area (Å²) in [6.07, 6.45) is 5.12. The molecule has 4 aromatic rings. The third-order valence-corrected chi connectivity index (χ3v) is 5.70. The zero-order valence-corrected chi connectivity index (χ0v) is 21.4. The predicted molar refractivity (Wildman–Crippen MR) is 141 cm³/mol. The first-order valence-electron chi connectivity index (χ1n) is 11.5. The molecule has 0 aliphatic rings. The van der Waals surface area contributed by atoms with E-state index in [1.807, 2.05) is 62.9 Å². The van der Waals surface area contributed by atoms with Gasteiger partial charge in [-0.3, -0.25) is 9.20 Å². The summed E-state index contributed by atoms with van der Waals surface area (Å²) in [5.74, 6) is 1.23. The number of likely N-dealkylation sites (N-methyl/N-ethyl adjacent to an activating group) is 2. The Morgan fingerprint density at radius 2 is 1.92 bits per heavy atom. The highest BCUT2D eigenvalue weighted by molar-refractivity contribution is 5.95. The maximum Gasteiger partial charge on any atom is 0.230 e. The maximum absolute atomic E-state index is 12.0. The molecule has 0 saturated heterocycles. The Bertz CT molecular complexity index is 1380. The van der Waals surface area contributed by atoms with Gasteiger partial charge in [-0.05, 0) is 38.7 Å². The van der Waals surface area contributed by atoms with Crippen molar-refractivity contribution in [1.82, 2.24) is 29.2 Å². The zero-order chi connectivity index (χ0) is 25.8. The van der Waals surface area contributed by atoms with Gasteiger partial charge in [0.15, 0.2) is 5.82 Å². The third-order valence-electron chi connectivity index (χ3n) is 5.70. The van der Waals surface area contributed by atoms with Gasteiger partial charge in [0.2, 0.25) is 11.9 Å². The van der Waals surface area contributed by atoms with Crippen LogP contribution in [0.4, 0.5) is 23.0 Å². The lowest BCUT2D eigenvalue weighted by atomic mass is 10.2. The standard InChI is InChI=1S/C25H31N9O2/c1-16-8-7-9-34-21(14-26-24(16)34)23-27-15-28-25(31-23)30-19-12-18(29-17(2)35)20(13-22(19)36-6)33(5)11-10-32(3)4/h7-9,12-15H,10-11H2,1-6H3,(H,29,35)(H,27,28,30,31). The second kappa shape index (κ2) is 10.6. The van der Waals surface area contributed by atoms with Gasteiger partial charge in [0.25, 0.3) is 0 Å². The van der Waals surface area contributed by atoms with Crippen LogP contribution in [0.25, 0.3) is 17.2 Å². The molecule has 0 unspecified atom stereocenters. The normalized spacial score (nSPS) is 11.1. The number of imidazole rings is 1. The summed E-state index contributed by atoms with van der Waals surface area (Å²) < 4.78 is 7.62. The number of carbonyl (C=O) groups excluding carboxylic acids is 1. The van der Waals surface area contributed by atoms with Crippen LogP contribution in [0.2, 0.25) is 0 Å². The molecule has 1 aromatic carbocycles. The number of hydrogen-bond donors (Lipinski definition) is 2. The van der Waals surface area contributed by atoms with E-state index in [0.717, 1.165) is 35.7 Å². The summed E-state index contributed by atoms with van der Waals surface area (Å²) in [4.78, 5) is 33.9. The van der Waals surface area contributed by atoms with Gasteiger partial charge < -0.3 is 25.2 Å². The van der Waals surface area contributed by atoms with Crippen LogP contribution < -0.4 is 20.3 Å². The SMILES string of the molecule is COc1cc(N(C)CCN(C)C)c(NC(C)=O)cc1Nc1ncnc(-c2cnc3c(C)cccn23)n1. The van der Waals surface area contributed by atoms with E-state index in [0.29, 0.717) is 28.9 Å². The number of rotatable bonds is 9. The molecular weight excluding hydrogens is 458 g/mol. The topological polar surface area (TPSA) is 113 Å². The molecule has 0 spiro atoms. The molecule has 2 N–H and O–H groups in total. The molecule has 1 amide bonds. The number of hydrogen-bond acceptors (Lipinski definition) is 9. The van der Waals surface area contributed by atoms with Gasteiger partial charge in [-0.2, -0.15) is 4.98 Å². The average molecular weight is 490 g/mol. The van der Waals surface area contributed by atoms with Crippen molar-refractivity contribution in [1.29, 1.82) is 0 Å². The largest absolute Gasteiger partial charge is 0.494 e. The van der Waals surface area contributed by atoms with E-state index in [2.05, 4.69) is 40.4 Å². The summed E-state index contributed by atoms with van der Waals surface area (Å²) in [6, 6.07) is 7.67. The van der Waals surface area contributed by atoms with Crippen molar-refractivity contribution >= 4 is 34.6 Å². The van der Waals surface area contributed by atoms with Gasteiger partial charge >= 0.3 is 0 Å². The lowest BCUT2D eigenvalue weighted by Gasteiger charge is -2.25. The van der Waals surface area contributed by atoms with Crippen LogP contribution in [0.15, 0.2) is 43.0 Å². The molecule has 0 bridgehead atoms. The summed E-state index contributed by atoms with van der Waals surface area (Å²) in [6.45, 7) is 5.11. The van der Waals surface area contributed by atoms with Crippen LogP contribution in [-0.2, 0) is 4.79 Å². The summed E-state index contributed by atoms with van der Waals surface area (Å²) >= 11 is 0. The number of benzene rings is 1. The fourth-order valence-corrected chi connectivity index (χ4v) is 3.83. The quantitative estimate of drug-likeness (QED) is 0.366. The Labute approximate surface area is 210 Å². The Hall–Kier alpha value is -4.25. The number of anilines is 4. The van der Waals surface area contributed by atoms with Crippen molar-refractivity contribution in [2.45, 2.75) is 13.8 Å². The summed E-state index contributed by atoms with van der Waals surface area (Å²) in [5.41, 5.74) is 4.76. The molecule has 11 heteroatoms. The van der Waals surface area contributed by atoms with Crippen LogP contribution in [-0.4, -0.2) is 76.5 Å². The lowest BCUT2D eigenvalue weighted by molar-refractivity contribution is -0.114. The number of nitrogens with zero attached hydrogens (tertiary/aromatic N) is 7. The summed E-state index contributed by atoms with van der Waals surface area (Å²) in [5, 5.41) is 6.14. The van der Waals surface area contributed by atoms with E-state index in [4.69, 9.17) is 4.74 Å². The van der Waals surface area contributed by atoms with E-state index < -0.39 is 0 Å². The zero-order valence-electron chi connectivity index (χ0n) is 21.4. The van der Waals surface area contributed by atoms with Crippen molar-refractivity contribution in [2.24, 2.45) is 0 Å². The average Bonchev–Trinajstić information content (AvgIpc) is 3.28. The number of aromatic nitrogens is 5. The van der Waals surface area contributed by atoms with E-state index in [1.54, 1.807) is 13.3 Å². The molecule has 36 heavy (non-hydrogen) atoms. The molecule has 11 nitrogen and oxygen atoms in total. The second-order valence-corrected chi connectivity index (χ2v) is 8.76. The van der Waals surface area contributed by atoms with Crippen molar-refractivity contribution in [2.75, 3.05) is 56.9 Å². The third kappa shape index (κ3) is 5.36. The number of amides is 1. The number of ether oxygens (including phenoxy) is 1. The number of fused-ring (bicyclic) bond motifs is 1. The van der Waals surface area contributed by atoms with Gasteiger partial charge in [-0.15, -0.1) is 0 Å². The van der Waals surface area contributed by atoms with E-state index >= 15 is 0 Å². The highest BCUT2D eigenvalue weighted by Crippen LogP contribution is 2.38. The molecule has 0 aliphatic carbocycles. The first-order valence-corrected chi connectivity index (χ1v) is 11.5. The van der Waals surface area contributed by atoms with Crippen molar-refractivity contribution < 1.29 is 9.53 Å². The first-order chi connectivity index (χ1) is 17.3. The highest BCUT2D eigenvalue weighted by Gasteiger charge is 2.17. The Morgan fingerprint density at radius 3 is 2.64 bits per heavy atom. The monoisotopic (exact) mass is 489 g/mol. The first kappa shape index (κ1) is 24.9. The van der Waals surface area contributed by atoms with Gasteiger partial charge in [0.05, 0.1) is 30.4 Å². The van der Waals surface area contributed by atoms with Crippen molar-refractivity contribution in [3.05, 3.63) is 48.5 Å². The Kier molecular flexibility index (Phi) is 7.30. The minimum absolute atomic E-state index is 0.168. The fourth-order valence-electron chi connectivity index (χ4n) is 3.83. The number of pyridine rings is 1. The lowest BCUT2D eigenvalue weighted by Crippen LogP contribution is -2.29. The van der Waals surface area contributed by atoms with Gasteiger partial charge in [-0.1, -0.05) is 6.07 Å². The van der Waals surface area contributed by atoms with Gasteiger partial charge in [-0.25, -0.2) is 15.0 Å². The van der Waals surface area contributed by atoms with Gasteiger partial charge in [0, 0.05) is 39.3 Å². The molecule has 4 rings (SSSR count). The molecule has 0 aliphatic heterocycles. The molecular formula is C25H31N9O2. The molecule has 0 saturated carbocycles. The number of carbonyl (C=O) groups is 1.